The molecule has 0 aromatic heterocycles. The second-order valence-corrected chi connectivity index (χ2v) is 3.75. The number of aliphatic hydroxyl groups is 1. The van der Waals surface area contributed by atoms with Crippen LogP contribution in [0.5, 0.6) is 0 Å². The van der Waals surface area contributed by atoms with E-state index in [9.17, 15) is 0 Å². The van der Waals surface area contributed by atoms with Gasteiger partial charge in [-0.15, -0.1) is 0 Å². The van der Waals surface area contributed by atoms with Gasteiger partial charge >= 0.3 is 0 Å². The summed E-state index contributed by atoms with van der Waals surface area (Å²) < 4.78 is 0. The Morgan fingerprint density at radius 1 is 1.80 bits per heavy atom. The van der Waals surface area contributed by atoms with E-state index < -0.39 is 0 Å². The van der Waals surface area contributed by atoms with Crippen molar-refractivity contribution < 1.29 is 5.11 Å². The van der Waals surface area contributed by atoms with Gasteiger partial charge in [-0.25, -0.2) is 0 Å². The lowest BCUT2D eigenvalue weighted by atomic mass is 9.59. The van der Waals surface area contributed by atoms with E-state index in [0.717, 1.165) is 6.42 Å². The van der Waals surface area contributed by atoms with Crippen molar-refractivity contribution in [1.82, 2.24) is 0 Å². The Bertz CT molecular complexity index is 147. The van der Waals surface area contributed by atoms with Crippen molar-refractivity contribution in [3.05, 3.63) is 12.2 Å². The lowest BCUT2D eigenvalue weighted by Crippen LogP contribution is -2.40. The van der Waals surface area contributed by atoms with Crippen molar-refractivity contribution >= 4 is 0 Å². The second-order valence-electron chi connectivity index (χ2n) is 3.75. The van der Waals surface area contributed by atoms with Gasteiger partial charge in [-0.05, 0) is 31.1 Å². The quantitative estimate of drug-likeness (QED) is 0.581. The summed E-state index contributed by atoms with van der Waals surface area (Å²) in [6, 6.07) is 0. The van der Waals surface area contributed by atoms with Gasteiger partial charge in [0.2, 0.25) is 0 Å². The van der Waals surface area contributed by atoms with E-state index in [2.05, 4.69) is 20.4 Å². The third-order valence-corrected chi connectivity index (χ3v) is 2.80. The lowest BCUT2D eigenvalue weighted by Gasteiger charge is -2.46. The topological polar surface area (TPSA) is 20.2 Å². The molecule has 0 heterocycles. The van der Waals surface area contributed by atoms with Gasteiger partial charge in [-0.3, -0.25) is 0 Å². The summed E-state index contributed by atoms with van der Waals surface area (Å²) >= 11 is 0. The summed E-state index contributed by atoms with van der Waals surface area (Å²) in [7, 11) is 0. The first-order valence-corrected chi connectivity index (χ1v) is 3.86. The Morgan fingerprint density at radius 3 is 2.50 bits per heavy atom. The number of aliphatic hydroxyl groups excluding tert-OH is 1. The summed E-state index contributed by atoms with van der Waals surface area (Å²) in [6.07, 6.45) is 2.37. The van der Waals surface area contributed by atoms with Gasteiger partial charge in [0.25, 0.3) is 0 Å². The van der Waals surface area contributed by atoms with Gasteiger partial charge < -0.3 is 5.11 Å². The summed E-state index contributed by atoms with van der Waals surface area (Å²) in [5.74, 6) is 0.567. The zero-order chi connectivity index (χ0) is 7.78. The molecule has 0 aromatic carbocycles. The molecule has 1 rings (SSSR count). The highest BCUT2D eigenvalue weighted by molar-refractivity contribution is 5.09. The summed E-state index contributed by atoms with van der Waals surface area (Å²) in [5.41, 5.74) is 1.38. The number of allylic oxidation sites excluding steroid dienone is 1. The molecule has 0 spiro atoms. The molecule has 0 bridgehead atoms. The molecule has 10 heavy (non-hydrogen) atoms. The number of rotatable bonds is 2. The maximum absolute atomic E-state index is 9.02. The molecular weight excluding hydrogens is 124 g/mol. The minimum Gasteiger partial charge on any atom is -0.396 e. The molecule has 1 nitrogen and oxygen atoms in total. The zero-order valence-corrected chi connectivity index (χ0v) is 6.85. The Kier molecular flexibility index (Phi) is 1.86. The molecule has 2 atom stereocenters. The lowest BCUT2D eigenvalue weighted by molar-refractivity contribution is 0.0111. The maximum Gasteiger partial charge on any atom is 0.0490 e. The monoisotopic (exact) mass is 140 g/mol. The third kappa shape index (κ3) is 0.988. The molecule has 1 aliphatic rings. The van der Waals surface area contributed by atoms with Crippen LogP contribution < -0.4 is 0 Å². The standard InChI is InChI=1S/C9H16O/c1-7(2)8-4-5-9(8,3)6-10/h8,10H,1,4-6H2,2-3H3/t8-,9-/m0/s1. The molecule has 0 saturated heterocycles. The minimum absolute atomic E-state index is 0.159. The minimum atomic E-state index is 0.159. The average Bonchev–Trinajstić information content (AvgIpc) is 1.83. The van der Waals surface area contributed by atoms with Crippen LogP contribution in [0.1, 0.15) is 26.7 Å². The molecule has 1 saturated carbocycles. The summed E-state index contributed by atoms with van der Waals surface area (Å²) in [4.78, 5) is 0. The van der Waals surface area contributed by atoms with Crippen LogP contribution in [-0.4, -0.2) is 11.7 Å². The predicted molar refractivity (Wildman–Crippen MR) is 42.7 cm³/mol. The van der Waals surface area contributed by atoms with Gasteiger partial charge in [0.15, 0.2) is 0 Å². The maximum atomic E-state index is 9.02. The van der Waals surface area contributed by atoms with Crippen molar-refractivity contribution in [3.8, 4) is 0 Å². The van der Waals surface area contributed by atoms with Crippen LogP contribution in [0.2, 0.25) is 0 Å². The molecular formula is C9H16O. The van der Waals surface area contributed by atoms with E-state index in [1.807, 2.05) is 0 Å². The van der Waals surface area contributed by atoms with Crippen LogP contribution in [0.25, 0.3) is 0 Å². The highest BCUT2D eigenvalue weighted by atomic mass is 16.3. The highest BCUT2D eigenvalue weighted by Gasteiger charge is 2.42. The molecule has 1 fully saturated rings. The Hall–Kier alpha value is -0.300. The van der Waals surface area contributed by atoms with E-state index in [1.165, 1.54) is 12.0 Å². The van der Waals surface area contributed by atoms with Gasteiger partial charge in [0, 0.05) is 6.61 Å². The second kappa shape index (κ2) is 2.39. The first kappa shape index (κ1) is 7.80. The van der Waals surface area contributed by atoms with Crippen LogP contribution in [0, 0.1) is 11.3 Å². The molecule has 1 N–H and O–H groups in total. The SMILES string of the molecule is C=C(C)[C@@H]1CC[C@@]1(C)CO. The smallest absolute Gasteiger partial charge is 0.0490 e. The normalized spacial score (nSPS) is 38.9. The average molecular weight is 140 g/mol. The molecule has 0 aromatic rings. The van der Waals surface area contributed by atoms with Gasteiger partial charge in [0.05, 0.1) is 0 Å². The van der Waals surface area contributed by atoms with Crippen LogP contribution in [0.4, 0.5) is 0 Å². The van der Waals surface area contributed by atoms with Crippen molar-refractivity contribution in [2.75, 3.05) is 6.61 Å². The fraction of sp³-hybridized carbons (Fsp3) is 0.778. The fourth-order valence-corrected chi connectivity index (χ4v) is 1.81. The zero-order valence-electron chi connectivity index (χ0n) is 6.85. The molecule has 1 aliphatic carbocycles. The first-order chi connectivity index (χ1) is 4.60. The van der Waals surface area contributed by atoms with Crippen LogP contribution >= 0.6 is 0 Å². The van der Waals surface area contributed by atoms with Crippen LogP contribution in [0.3, 0.4) is 0 Å². The molecule has 0 amide bonds. The van der Waals surface area contributed by atoms with E-state index >= 15 is 0 Å². The Labute approximate surface area is 62.8 Å². The summed E-state index contributed by atoms with van der Waals surface area (Å²) in [6.45, 7) is 8.41. The largest absolute Gasteiger partial charge is 0.396 e. The molecule has 0 unspecified atom stereocenters. The Morgan fingerprint density at radius 2 is 2.40 bits per heavy atom. The number of hydrogen-bond acceptors (Lipinski definition) is 1. The van der Waals surface area contributed by atoms with Crippen molar-refractivity contribution in [2.24, 2.45) is 11.3 Å². The molecule has 58 valence electrons. The molecule has 1 heteroatoms. The van der Waals surface area contributed by atoms with E-state index in [-0.39, 0.29) is 5.41 Å². The highest BCUT2D eigenvalue weighted by Crippen LogP contribution is 2.49. The van der Waals surface area contributed by atoms with Gasteiger partial charge in [-0.1, -0.05) is 19.1 Å². The van der Waals surface area contributed by atoms with E-state index in [1.54, 1.807) is 0 Å². The van der Waals surface area contributed by atoms with Crippen molar-refractivity contribution in [2.45, 2.75) is 26.7 Å². The van der Waals surface area contributed by atoms with E-state index in [4.69, 9.17) is 5.11 Å². The Balaban J connectivity index is 2.57. The predicted octanol–water partition coefficient (Wildman–Crippen LogP) is 1.97. The van der Waals surface area contributed by atoms with Crippen molar-refractivity contribution in [3.63, 3.8) is 0 Å². The van der Waals surface area contributed by atoms with Crippen LogP contribution in [-0.2, 0) is 0 Å². The first-order valence-electron chi connectivity index (χ1n) is 3.86. The third-order valence-electron chi connectivity index (χ3n) is 2.80. The van der Waals surface area contributed by atoms with Gasteiger partial charge in [-0.2, -0.15) is 0 Å². The molecule has 0 aliphatic heterocycles. The van der Waals surface area contributed by atoms with E-state index in [0.29, 0.717) is 12.5 Å². The fourth-order valence-electron chi connectivity index (χ4n) is 1.81. The molecule has 0 radical (unpaired) electrons. The van der Waals surface area contributed by atoms with Gasteiger partial charge in [0.1, 0.15) is 0 Å². The summed E-state index contributed by atoms with van der Waals surface area (Å²) in [5, 5.41) is 9.02. The number of hydrogen-bond donors (Lipinski definition) is 1. The van der Waals surface area contributed by atoms with Crippen molar-refractivity contribution in [1.29, 1.82) is 0 Å². The van der Waals surface area contributed by atoms with Crippen LogP contribution in [0.15, 0.2) is 12.2 Å².